The summed E-state index contributed by atoms with van der Waals surface area (Å²) in [6, 6.07) is 8.79. The van der Waals surface area contributed by atoms with E-state index in [0.29, 0.717) is 5.69 Å². The van der Waals surface area contributed by atoms with Crippen LogP contribution in [0.2, 0.25) is 0 Å². The van der Waals surface area contributed by atoms with E-state index in [1.165, 1.54) is 4.68 Å². The van der Waals surface area contributed by atoms with Gasteiger partial charge in [-0.3, -0.25) is 19.7 Å². The van der Waals surface area contributed by atoms with Crippen LogP contribution in [0.4, 0.5) is 5.82 Å². The van der Waals surface area contributed by atoms with Gasteiger partial charge in [-0.25, -0.2) is 4.68 Å². The minimum absolute atomic E-state index is 0.0274. The number of nitrogens with two attached hydrogens (primary N) is 1. The van der Waals surface area contributed by atoms with E-state index in [1.54, 1.807) is 24.3 Å². The molecular formula is C12H8N4O3. The molecule has 1 aromatic carbocycles. The van der Waals surface area contributed by atoms with Gasteiger partial charge in [-0.05, 0) is 12.1 Å². The van der Waals surface area contributed by atoms with E-state index >= 15 is 0 Å². The lowest BCUT2D eigenvalue weighted by atomic mass is 10.1. The van der Waals surface area contributed by atoms with Gasteiger partial charge >= 0.3 is 5.91 Å². The summed E-state index contributed by atoms with van der Waals surface area (Å²) in [6.45, 7) is 0. The first-order chi connectivity index (χ1) is 9.09. The van der Waals surface area contributed by atoms with Crippen LogP contribution in [0.3, 0.4) is 0 Å². The maximum Gasteiger partial charge on any atom is 0.300 e. The molecule has 3 N–H and O–H groups in total. The van der Waals surface area contributed by atoms with E-state index in [4.69, 9.17) is 5.73 Å². The van der Waals surface area contributed by atoms with Crippen molar-refractivity contribution in [3.05, 3.63) is 41.6 Å². The maximum atomic E-state index is 11.7. The van der Waals surface area contributed by atoms with Crippen LogP contribution >= 0.6 is 0 Å². The topological polar surface area (TPSA) is 107 Å². The number of rotatable bonds is 1. The van der Waals surface area contributed by atoms with Gasteiger partial charge in [0, 0.05) is 0 Å². The number of aromatic nitrogens is 2. The molecule has 0 spiro atoms. The molecule has 3 rings (SSSR count). The molecule has 0 aliphatic carbocycles. The Morgan fingerprint density at radius 1 is 1.05 bits per heavy atom. The Hall–Kier alpha value is -2.96. The van der Waals surface area contributed by atoms with Crippen LogP contribution in [-0.4, -0.2) is 27.4 Å². The number of fused-ring (bicyclic) bond motifs is 1. The average molecular weight is 256 g/mol. The van der Waals surface area contributed by atoms with Crippen LogP contribution in [0.25, 0.3) is 5.69 Å². The summed E-state index contributed by atoms with van der Waals surface area (Å²) in [5.41, 5.74) is 6.16. The summed E-state index contributed by atoms with van der Waals surface area (Å²) in [5.74, 6) is -2.54. The van der Waals surface area contributed by atoms with Crippen LogP contribution in [0.5, 0.6) is 0 Å². The van der Waals surface area contributed by atoms with Crippen molar-refractivity contribution in [3.8, 4) is 5.69 Å². The van der Waals surface area contributed by atoms with Crippen molar-refractivity contribution in [2.24, 2.45) is 0 Å². The molecule has 0 saturated carbocycles. The number of Topliss-reactive ketones (excluding diaryl/α,β-unsaturated/α-hetero) is 1. The first-order valence-corrected chi connectivity index (χ1v) is 5.43. The zero-order chi connectivity index (χ0) is 13.6. The number of benzene rings is 1. The Morgan fingerprint density at radius 2 is 1.74 bits per heavy atom. The highest BCUT2D eigenvalue weighted by Gasteiger charge is 2.36. The number of carbonyl (C=O) groups is 3. The molecule has 0 atom stereocenters. The van der Waals surface area contributed by atoms with Crippen LogP contribution in [0.1, 0.15) is 20.8 Å². The SMILES string of the molecule is Nc1c2c(nn1-c1ccccc1)C(=O)C(=O)NC2=O. The molecule has 7 heteroatoms. The lowest BCUT2D eigenvalue weighted by molar-refractivity contribution is -0.116. The van der Waals surface area contributed by atoms with Crippen molar-refractivity contribution in [2.45, 2.75) is 0 Å². The third kappa shape index (κ3) is 1.52. The summed E-state index contributed by atoms with van der Waals surface area (Å²) in [5, 5.41) is 5.89. The molecule has 1 aliphatic rings. The molecule has 0 fully saturated rings. The first kappa shape index (κ1) is 11.1. The third-order valence-corrected chi connectivity index (χ3v) is 2.80. The second-order valence-corrected chi connectivity index (χ2v) is 3.97. The Balaban J connectivity index is 2.25. The Bertz CT molecular complexity index is 718. The van der Waals surface area contributed by atoms with Crippen LogP contribution in [-0.2, 0) is 4.79 Å². The lowest BCUT2D eigenvalue weighted by Gasteiger charge is -2.08. The number of ketones is 1. The summed E-state index contributed by atoms with van der Waals surface area (Å²) >= 11 is 0. The van der Waals surface area contributed by atoms with Gasteiger partial charge in [-0.2, -0.15) is 5.10 Å². The molecule has 0 unspecified atom stereocenters. The van der Waals surface area contributed by atoms with Gasteiger partial charge in [0.2, 0.25) is 0 Å². The molecule has 7 nitrogen and oxygen atoms in total. The number of anilines is 1. The predicted octanol–water partition coefficient (Wildman–Crippen LogP) is -0.0928. The first-order valence-electron chi connectivity index (χ1n) is 5.43. The number of nitrogens with one attached hydrogen (secondary N) is 1. The molecule has 94 valence electrons. The Morgan fingerprint density at radius 3 is 2.42 bits per heavy atom. The van der Waals surface area contributed by atoms with Gasteiger partial charge in [0.15, 0.2) is 5.69 Å². The number of carbonyl (C=O) groups excluding carboxylic acids is 3. The highest BCUT2D eigenvalue weighted by molar-refractivity contribution is 6.49. The molecule has 2 heterocycles. The monoisotopic (exact) mass is 256 g/mol. The van der Waals surface area contributed by atoms with Crippen LogP contribution in [0, 0.1) is 0 Å². The number of amides is 2. The van der Waals surface area contributed by atoms with Crippen molar-refractivity contribution in [2.75, 3.05) is 5.73 Å². The number of nitrogen functional groups attached to an aromatic ring is 1. The summed E-state index contributed by atoms with van der Waals surface area (Å²) in [6.07, 6.45) is 0. The fourth-order valence-electron chi connectivity index (χ4n) is 1.91. The number of nitrogens with zero attached hydrogens (tertiary/aromatic N) is 2. The number of para-hydroxylation sites is 1. The minimum Gasteiger partial charge on any atom is -0.383 e. The van der Waals surface area contributed by atoms with Gasteiger partial charge in [-0.1, -0.05) is 18.2 Å². The van der Waals surface area contributed by atoms with E-state index in [1.807, 2.05) is 11.4 Å². The molecule has 0 radical (unpaired) electrons. The molecule has 2 aromatic rings. The highest BCUT2D eigenvalue weighted by Crippen LogP contribution is 2.23. The smallest absolute Gasteiger partial charge is 0.300 e. The number of hydrogen-bond acceptors (Lipinski definition) is 5. The molecule has 1 aliphatic heterocycles. The fraction of sp³-hybridized carbons (Fsp3) is 0. The van der Waals surface area contributed by atoms with E-state index in [0.717, 1.165) is 0 Å². The van der Waals surface area contributed by atoms with Crippen molar-refractivity contribution in [1.82, 2.24) is 15.1 Å². The largest absolute Gasteiger partial charge is 0.383 e. The van der Waals surface area contributed by atoms with Gasteiger partial charge in [0.1, 0.15) is 11.4 Å². The molecule has 2 amide bonds. The number of imide groups is 1. The van der Waals surface area contributed by atoms with Crippen molar-refractivity contribution >= 4 is 23.4 Å². The highest BCUT2D eigenvalue weighted by atomic mass is 16.2. The predicted molar refractivity (Wildman–Crippen MR) is 64.8 cm³/mol. The summed E-state index contributed by atoms with van der Waals surface area (Å²) < 4.78 is 1.26. The summed E-state index contributed by atoms with van der Waals surface area (Å²) in [7, 11) is 0. The van der Waals surface area contributed by atoms with E-state index in [-0.39, 0.29) is 17.1 Å². The Kier molecular flexibility index (Phi) is 2.21. The Labute approximate surface area is 107 Å². The lowest BCUT2D eigenvalue weighted by Crippen LogP contribution is -2.42. The van der Waals surface area contributed by atoms with Gasteiger partial charge in [0.05, 0.1) is 5.69 Å². The molecule has 0 bridgehead atoms. The quantitative estimate of drug-likeness (QED) is 0.547. The molecule has 0 saturated heterocycles. The van der Waals surface area contributed by atoms with Gasteiger partial charge < -0.3 is 5.73 Å². The zero-order valence-corrected chi connectivity index (χ0v) is 9.58. The minimum atomic E-state index is -0.991. The second-order valence-electron chi connectivity index (χ2n) is 3.97. The van der Waals surface area contributed by atoms with E-state index < -0.39 is 17.6 Å². The number of hydrogen-bond donors (Lipinski definition) is 2. The van der Waals surface area contributed by atoms with Crippen molar-refractivity contribution in [3.63, 3.8) is 0 Å². The molecule has 19 heavy (non-hydrogen) atoms. The van der Waals surface area contributed by atoms with Gasteiger partial charge in [-0.15, -0.1) is 0 Å². The summed E-state index contributed by atoms with van der Waals surface area (Å²) in [4.78, 5) is 34.6. The van der Waals surface area contributed by atoms with Crippen LogP contribution < -0.4 is 11.1 Å². The van der Waals surface area contributed by atoms with E-state index in [2.05, 4.69) is 5.10 Å². The third-order valence-electron chi connectivity index (χ3n) is 2.80. The normalized spacial score (nSPS) is 14.2. The zero-order valence-electron chi connectivity index (χ0n) is 9.58. The van der Waals surface area contributed by atoms with Crippen LogP contribution in [0.15, 0.2) is 30.3 Å². The standard InChI is InChI=1S/C12H8N4O3/c13-10-7-8(9(17)12(19)14-11(7)18)15-16(10)6-4-2-1-3-5-6/h1-5H,13H2,(H,14,18,19). The van der Waals surface area contributed by atoms with Crippen molar-refractivity contribution in [1.29, 1.82) is 0 Å². The second kappa shape index (κ2) is 3.77. The molecular weight excluding hydrogens is 248 g/mol. The fourth-order valence-corrected chi connectivity index (χ4v) is 1.91. The van der Waals surface area contributed by atoms with Gasteiger partial charge in [0.25, 0.3) is 11.7 Å². The maximum absolute atomic E-state index is 11.7. The average Bonchev–Trinajstić information content (AvgIpc) is 2.76. The van der Waals surface area contributed by atoms with Crippen molar-refractivity contribution < 1.29 is 14.4 Å². The van der Waals surface area contributed by atoms with E-state index in [9.17, 15) is 14.4 Å². The molecule has 1 aromatic heterocycles.